The predicted molar refractivity (Wildman–Crippen MR) is 126 cm³/mol. The topological polar surface area (TPSA) is 88.7 Å². The van der Waals surface area contributed by atoms with Gasteiger partial charge in [0.1, 0.15) is 10.6 Å². The molecule has 1 aromatic carbocycles. The smallest absolute Gasteiger partial charge is 0.255 e. The maximum Gasteiger partial charge on any atom is 0.255 e. The fourth-order valence-electron chi connectivity index (χ4n) is 4.45. The summed E-state index contributed by atoms with van der Waals surface area (Å²) in [5.74, 6) is 0.180. The quantitative estimate of drug-likeness (QED) is 0.553. The Balaban J connectivity index is 1.55. The highest BCUT2D eigenvalue weighted by atomic mass is 35.5. The van der Waals surface area contributed by atoms with Crippen molar-refractivity contribution in [3.05, 3.63) is 63.8 Å². The van der Waals surface area contributed by atoms with Crippen LogP contribution in [0, 0.1) is 27.7 Å². The van der Waals surface area contributed by atoms with E-state index < -0.39 is 10.0 Å². The molecular weight excluding hydrogens is 464 g/mol. The lowest BCUT2D eigenvalue weighted by molar-refractivity contribution is 0.0763. The molecule has 1 aliphatic heterocycles. The van der Waals surface area contributed by atoms with Gasteiger partial charge in [-0.15, -0.1) is 0 Å². The van der Waals surface area contributed by atoms with Gasteiger partial charge in [0.2, 0.25) is 10.0 Å². The monoisotopic (exact) mass is 490 g/mol. The number of hydrogen-bond acceptors (Lipinski definition) is 5. The van der Waals surface area contributed by atoms with E-state index in [0.717, 1.165) is 17.1 Å². The summed E-state index contributed by atoms with van der Waals surface area (Å²) >= 11 is 6.02. The summed E-state index contributed by atoms with van der Waals surface area (Å²) in [4.78, 5) is 15.3. The lowest BCUT2D eigenvalue weighted by Gasteiger charge is -2.22. The number of aryl methyl sites for hydroxylation is 3. The summed E-state index contributed by atoms with van der Waals surface area (Å²) in [6.07, 6.45) is 0.546. The Morgan fingerprint density at radius 1 is 1.03 bits per heavy atom. The van der Waals surface area contributed by atoms with Crippen LogP contribution in [-0.4, -0.2) is 59.4 Å². The molecule has 33 heavy (non-hydrogen) atoms. The Bertz CT molecular complexity index is 1280. The molecule has 8 nitrogen and oxygen atoms in total. The second kappa shape index (κ2) is 8.96. The Morgan fingerprint density at radius 2 is 1.73 bits per heavy atom. The van der Waals surface area contributed by atoms with Crippen LogP contribution in [0.15, 0.2) is 39.8 Å². The van der Waals surface area contributed by atoms with Crippen molar-refractivity contribution in [3.63, 3.8) is 0 Å². The Labute approximate surface area is 198 Å². The van der Waals surface area contributed by atoms with Crippen molar-refractivity contribution in [1.82, 2.24) is 18.9 Å². The highest BCUT2D eigenvalue weighted by molar-refractivity contribution is 7.89. The molecule has 2 aromatic heterocycles. The molecule has 4 rings (SSSR count). The number of hydrogen-bond donors (Lipinski definition) is 0. The molecule has 1 fully saturated rings. The van der Waals surface area contributed by atoms with Crippen LogP contribution in [-0.2, 0) is 10.0 Å². The third-order valence-electron chi connectivity index (χ3n) is 6.05. The first-order chi connectivity index (χ1) is 15.6. The number of aromatic nitrogens is 2. The Morgan fingerprint density at radius 3 is 2.36 bits per heavy atom. The number of sulfonamides is 1. The second-order valence-electron chi connectivity index (χ2n) is 8.30. The molecule has 3 heterocycles. The Hall–Kier alpha value is -2.62. The molecule has 1 saturated heterocycles. The number of carbonyl (C=O) groups excluding carboxylic acids is 1. The van der Waals surface area contributed by atoms with Crippen molar-refractivity contribution >= 4 is 27.5 Å². The largest absolute Gasteiger partial charge is 0.360 e. The summed E-state index contributed by atoms with van der Waals surface area (Å²) < 4.78 is 34.9. The van der Waals surface area contributed by atoms with Crippen molar-refractivity contribution in [2.75, 3.05) is 26.2 Å². The average molecular weight is 491 g/mol. The first-order valence-electron chi connectivity index (χ1n) is 10.8. The fraction of sp³-hybridized carbons (Fsp3) is 0.391. The molecular formula is C23H27ClN4O4S. The summed E-state index contributed by atoms with van der Waals surface area (Å²) in [5, 5.41) is 4.43. The van der Waals surface area contributed by atoms with Gasteiger partial charge in [-0.1, -0.05) is 16.8 Å². The van der Waals surface area contributed by atoms with Crippen molar-refractivity contribution in [3.8, 4) is 5.69 Å². The lowest BCUT2D eigenvalue weighted by Crippen LogP contribution is -2.37. The molecule has 0 unspecified atom stereocenters. The molecule has 176 valence electrons. The zero-order chi connectivity index (χ0) is 23.9. The van der Waals surface area contributed by atoms with Crippen LogP contribution < -0.4 is 0 Å². The standard InChI is InChI=1S/C23H27ClN4O4S/c1-15-14-21(17(3)28(15)20-8-6-19(24)7-9-20)23(29)26-10-5-11-27(13-12-26)33(30,31)22-16(2)25-32-18(22)4/h6-9,14H,5,10-13H2,1-4H3. The highest BCUT2D eigenvalue weighted by Gasteiger charge is 2.33. The maximum absolute atomic E-state index is 13.4. The van der Waals surface area contributed by atoms with Crippen LogP contribution in [0.2, 0.25) is 5.02 Å². The first kappa shape index (κ1) is 23.5. The van der Waals surface area contributed by atoms with Crippen molar-refractivity contribution in [2.24, 2.45) is 0 Å². The van der Waals surface area contributed by atoms with Gasteiger partial charge in [-0.2, -0.15) is 4.31 Å². The zero-order valence-electron chi connectivity index (χ0n) is 19.1. The molecule has 10 heteroatoms. The minimum absolute atomic E-state index is 0.0973. The van der Waals surface area contributed by atoms with Crippen LogP contribution in [0.1, 0.15) is 39.6 Å². The van der Waals surface area contributed by atoms with E-state index in [9.17, 15) is 13.2 Å². The second-order valence-corrected chi connectivity index (χ2v) is 10.6. The van der Waals surface area contributed by atoms with Gasteiger partial charge in [0.15, 0.2) is 5.76 Å². The minimum atomic E-state index is -3.74. The van der Waals surface area contributed by atoms with Gasteiger partial charge < -0.3 is 14.0 Å². The van der Waals surface area contributed by atoms with Crippen molar-refractivity contribution in [2.45, 2.75) is 39.0 Å². The van der Waals surface area contributed by atoms with E-state index in [-0.39, 0.29) is 23.1 Å². The van der Waals surface area contributed by atoms with E-state index >= 15 is 0 Å². The van der Waals surface area contributed by atoms with Gasteiger partial charge in [-0.25, -0.2) is 8.42 Å². The molecule has 0 bridgehead atoms. The molecule has 3 aromatic rings. The Kier molecular flexibility index (Phi) is 6.39. The van der Waals surface area contributed by atoms with Gasteiger partial charge in [0.05, 0.1) is 5.56 Å². The highest BCUT2D eigenvalue weighted by Crippen LogP contribution is 2.26. The maximum atomic E-state index is 13.4. The number of carbonyl (C=O) groups is 1. The number of amides is 1. The van der Waals surface area contributed by atoms with Crippen LogP contribution in [0.3, 0.4) is 0 Å². The van der Waals surface area contributed by atoms with Crippen LogP contribution in [0.25, 0.3) is 5.69 Å². The molecule has 0 aliphatic carbocycles. The lowest BCUT2D eigenvalue weighted by atomic mass is 10.2. The molecule has 0 atom stereocenters. The van der Waals surface area contributed by atoms with Crippen molar-refractivity contribution in [1.29, 1.82) is 0 Å². The summed E-state index contributed by atoms with van der Waals surface area (Å²) in [5.41, 5.74) is 3.67. The van der Waals surface area contributed by atoms with E-state index in [1.807, 2.05) is 48.7 Å². The van der Waals surface area contributed by atoms with Crippen molar-refractivity contribution < 1.29 is 17.7 Å². The minimum Gasteiger partial charge on any atom is -0.360 e. The molecule has 0 spiro atoms. The third kappa shape index (κ3) is 4.32. The molecule has 1 amide bonds. The predicted octanol–water partition coefficient (Wildman–Crippen LogP) is 3.89. The number of nitrogens with zero attached hydrogens (tertiary/aromatic N) is 4. The molecule has 1 aliphatic rings. The SMILES string of the molecule is Cc1noc(C)c1S(=O)(=O)N1CCCN(C(=O)c2cc(C)n(-c3ccc(Cl)cc3)c2C)CC1. The number of rotatable bonds is 4. The molecule has 0 radical (unpaired) electrons. The van der Waals surface area contributed by atoms with Crippen LogP contribution >= 0.6 is 11.6 Å². The summed E-state index contributed by atoms with van der Waals surface area (Å²) in [6.45, 7) is 8.43. The van der Waals surface area contributed by atoms with Gasteiger partial charge in [-0.05, 0) is 64.4 Å². The first-order valence-corrected chi connectivity index (χ1v) is 12.6. The van der Waals surface area contributed by atoms with E-state index in [4.69, 9.17) is 16.1 Å². The summed E-state index contributed by atoms with van der Waals surface area (Å²) in [7, 11) is -3.74. The molecule has 0 N–H and O–H groups in total. The molecule has 0 saturated carbocycles. The number of halogens is 1. The van der Waals surface area contributed by atoms with Crippen LogP contribution in [0.5, 0.6) is 0 Å². The van der Waals surface area contributed by atoms with Gasteiger partial charge >= 0.3 is 0 Å². The van der Waals surface area contributed by atoms with Gasteiger partial charge in [0, 0.05) is 48.3 Å². The number of benzene rings is 1. The van der Waals surface area contributed by atoms with Crippen LogP contribution in [0.4, 0.5) is 0 Å². The van der Waals surface area contributed by atoms with E-state index in [1.54, 1.807) is 18.7 Å². The van der Waals surface area contributed by atoms with E-state index in [1.165, 1.54) is 4.31 Å². The van der Waals surface area contributed by atoms with E-state index in [0.29, 0.717) is 42.3 Å². The average Bonchev–Trinajstić information content (AvgIpc) is 3.13. The third-order valence-corrected chi connectivity index (χ3v) is 8.45. The zero-order valence-corrected chi connectivity index (χ0v) is 20.7. The normalized spacial score (nSPS) is 15.6. The fourth-order valence-corrected chi connectivity index (χ4v) is 6.33. The van der Waals surface area contributed by atoms with Gasteiger partial charge in [-0.3, -0.25) is 4.79 Å². The summed E-state index contributed by atoms with van der Waals surface area (Å²) in [6, 6.07) is 9.36. The van der Waals surface area contributed by atoms with E-state index in [2.05, 4.69) is 5.16 Å². The van der Waals surface area contributed by atoms with Gasteiger partial charge in [0.25, 0.3) is 5.91 Å².